The van der Waals surface area contributed by atoms with Crippen LogP contribution in [-0.2, 0) is 17.6 Å². The first-order valence-corrected chi connectivity index (χ1v) is 4.94. The van der Waals surface area contributed by atoms with Gasteiger partial charge in [-0.05, 0) is 23.6 Å². The minimum Gasteiger partial charge on any atom is -0.495 e. The standard InChI is InChI=1S/C12H13NO3/c1-3-8-4-9(6-12(14)15)10(7-13)11(5-8)16-2/h4-5H,3,6H2,1-2H3,(H,14,15). The first-order chi connectivity index (χ1) is 7.62. The van der Waals surface area contributed by atoms with Crippen LogP contribution in [0.4, 0.5) is 0 Å². The van der Waals surface area contributed by atoms with E-state index in [1.807, 2.05) is 13.0 Å². The number of ether oxygens (including phenoxy) is 1. The summed E-state index contributed by atoms with van der Waals surface area (Å²) < 4.78 is 5.09. The highest BCUT2D eigenvalue weighted by Crippen LogP contribution is 2.24. The van der Waals surface area contributed by atoms with Crippen LogP contribution < -0.4 is 4.74 Å². The number of benzene rings is 1. The van der Waals surface area contributed by atoms with E-state index in [9.17, 15) is 4.79 Å². The van der Waals surface area contributed by atoms with Crippen molar-refractivity contribution in [3.63, 3.8) is 0 Å². The van der Waals surface area contributed by atoms with E-state index < -0.39 is 5.97 Å². The molecule has 0 spiro atoms. The largest absolute Gasteiger partial charge is 0.495 e. The Morgan fingerprint density at radius 2 is 2.25 bits per heavy atom. The zero-order valence-corrected chi connectivity index (χ0v) is 9.28. The van der Waals surface area contributed by atoms with Crippen LogP contribution in [0.15, 0.2) is 12.1 Å². The maximum absolute atomic E-state index is 10.7. The van der Waals surface area contributed by atoms with Crippen molar-refractivity contribution in [2.75, 3.05) is 7.11 Å². The zero-order valence-electron chi connectivity index (χ0n) is 9.28. The van der Waals surface area contributed by atoms with E-state index in [1.54, 1.807) is 12.1 Å². The number of aliphatic carboxylic acids is 1. The molecule has 0 aromatic heterocycles. The summed E-state index contributed by atoms with van der Waals surface area (Å²) in [5.41, 5.74) is 1.78. The molecule has 0 bridgehead atoms. The molecule has 1 aromatic carbocycles. The molecular weight excluding hydrogens is 206 g/mol. The van der Waals surface area contributed by atoms with Gasteiger partial charge in [-0.2, -0.15) is 5.26 Å². The molecule has 0 heterocycles. The predicted octanol–water partition coefficient (Wildman–Crippen LogP) is 1.76. The molecule has 0 atom stereocenters. The molecule has 4 heteroatoms. The van der Waals surface area contributed by atoms with Gasteiger partial charge < -0.3 is 9.84 Å². The summed E-state index contributed by atoms with van der Waals surface area (Å²) in [5, 5.41) is 17.7. The van der Waals surface area contributed by atoms with Crippen molar-refractivity contribution in [3.05, 3.63) is 28.8 Å². The molecular formula is C12H13NO3. The van der Waals surface area contributed by atoms with E-state index in [-0.39, 0.29) is 6.42 Å². The Morgan fingerprint density at radius 1 is 1.56 bits per heavy atom. The van der Waals surface area contributed by atoms with Crippen molar-refractivity contribution in [1.82, 2.24) is 0 Å². The fourth-order valence-electron chi connectivity index (χ4n) is 1.53. The van der Waals surface area contributed by atoms with Crippen LogP contribution in [0.25, 0.3) is 0 Å². The van der Waals surface area contributed by atoms with Crippen molar-refractivity contribution in [2.24, 2.45) is 0 Å². The van der Waals surface area contributed by atoms with Crippen LogP contribution in [0.5, 0.6) is 5.75 Å². The second-order valence-electron chi connectivity index (χ2n) is 3.37. The van der Waals surface area contributed by atoms with Crippen LogP contribution >= 0.6 is 0 Å². The summed E-state index contributed by atoms with van der Waals surface area (Å²) in [6, 6.07) is 5.50. The van der Waals surface area contributed by atoms with Gasteiger partial charge >= 0.3 is 5.97 Å². The van der Waals surface area contributed by atoms with Gasteiger partial charge in [0, 0.05) is 0 Å². The number of nitrogens with zero attached hydrogens (tertiary/aromatic N) is 1. The highest BCUT2D eigenvalue weighted by molar-refractivity contribution is 5.72. The molecule has 0 aliphatic heterocycles. The summed E-state index contributed by atoms with van der Waals surface area (Å²) in [7, 11) is 1.47. The van der Waals surface area contributed by atoms with Crippen molar-refractivity contribution < 1.29 is 14.6 Å². The summed E-state index contributed by atoms with van der Waals surface area (Å²) in [6.45, 7) is 1.96. The topological polar surface area (TPSA) is 70.3 Å². The van der Waals surface area contributed by atoms with Crippen molar-refractivity contribution in [3.8, 4) is 11.8 Å². The maximum Gasteiger partial charge on any atom is 0.307 e. The lowest BCUT2D eigenvalue weighted by Crippen LogP contribution is -2.04. The van der Waals surface area contributed by atoms with Crippen molar-refractivity contribution in [2.45, 2.75) is 19.8 Å². The van der Waals surface area contributed by atoms with Gasteiger partial charge in [0.15, 0.2) is 0 Å². The summed E-state index contributed by atoms with van der Waals surface area (Å²) in [6.07, 6.45) is 0.613. The fourth-order valence-corrected chi connectivity index (χ4v) is 1.53. The second kappa shape index (κ2) is 5.17. The molecule has 16 heavy (non-hydrogen) atoms. The minimum atomic E-state index is -0.952. The van der Waals surface area contributed by atoms with Crippen LogP contribution in [-0.4, -0.2) is 18.2 Å². The van der Waals surface area contributed by atoms with E-state index in [4.69, 9.17) is 15.1 Å². The summed E-state index contributed by atoms with van der Waals surface area (Å²) in [5.74, 6) is -0.509. The molecule has 0 amide bonds. The average Bonchev–Trinajstić information content (AvgIpc) is 2.27. The molecule has 0 aliphatic carbocycles. The van der Waals surface area contributed by atoms with Gasteiger partial charge in [-0.25, -0.2) is 0 Å². The smallest absolute Gasteiger partial charge is 0.307 e. The highest BCUT2D eigenvalue weighted by Gasteiger charge is 2.13. The fraction of sp³-hybridized carbons (Fsp3) is 0.333. The number of hydrogen-bond donors (Lipinski definition) is 1. The number of hydrogen-bond acceptors (Lipinski definition) is 3. The highest BCUT2D eigenvalue weighted by atomic mass is 16.5. The maximum atomic E-state index is 10.7. The predicted molar refractivity (Wildman–Crippen MR) is 58.4 cm³/mol. The molecule has 1 N–H and O–H groups in total. The molecule has 4 nitrogen and oxygen atoms in total. The van der Waals surface area contributed by atoms with Crippen LogP contribution in [0, 0.1) is 11.3 Å². The molecule has 1 rings (SSSR count). The number of methoxy groups -OCH3 is 1. The van der Waals surface area contributed by atoms with Gasteiger partial charge in [0.2, 0.25) is 0 Å². The molecule has 1 aromatic rings. The average molecular weight is 219 g/mol. The molecule has 84 valence electrons. The lowest BCUT2D eigenvalue weighted by atomic mass is 9.99. The van der Waals surface area contributed by atoms with Gasteiger partial charge in [-0.1, -0.05) is 13.0 Å². The summed E-state index contributed by atoms with van der Waals surface area (Å²) >= 11 is 0. The Hall–Kier alpha value is -2.02. The van der Waals surface area contributed by atoms with E-state index in [0.717, 1.165) is 12.0 Å². The Morgan fingerprint density at radius 3 is 2.69 bits per heavy atom. The molecule has 0 fully saturated rings. The van der Waals surface area contributed by atoms with Gasteiger partial charge in [0.25, 0.3) is 0 Å². The molecule has 0 unspecified atom stereocenters. The molecule has 0 aliphatic rings. The number of nitriles is 1. The third-order valence-corrected chi connectivity index (χ3v) is 2.33. The number of carbonyl (C=O) groups is 1. The van der Waals surface area contributed by atoms with Gasteiger partial charge in [-0.15, -0.1) is 0 Å². The van der Waals surface area contributed by atoms with E-state index >= 15 is 0 Å². The number of carboxylic acids is 1. The number of carboxylic acid groups (broad SMARTS) is 1. The van der Waals surface area contributed by atoms with Gasteiger partial charge in [0.1, 0.15) is 11.8 Å². The summed E-state index contributed by atoms with van der Waals surface area (Å²) in [4.78, 5) is 10.7. The van der Waals surface area contributed by atoms with Crippen molar-refractivity contribution in [1.29, 1.82) is 5.26 Å². The Kier molecular flexibility index (Phi) is 3.90. The Labute approximate surface area is 94.1 Å². The monoisotopic (exact) mass is 219 g/mol. The second-order valence-corrected chi connectivity index (χ2v) is 3.37. The number of aryl methyl sites for hydroxylation is 1. The van der Waals surface area contributed by atoms with E-state index in [1.165, 1.54) is 7.11 Å². The van der Waals surface area contributed by atoms with E-state index in [2.05, 4.69) is 0 Å². The third kappa shape index (κ3) is 2.51. The molecule has 0 saturated carbocycles. The third-order valence-electron chi connectivity index (χ3n) is 2.33. The first-order valence-electron chi connectivity index (χ1n) is 4.94. The zero-order chi connectivity index (χ0) is 12.1. The van der Waals surface area contributed by atoms with E-state index in [0.29, 0.717) is 16.9 Å². The molecule has 0 saturated heterocycles. The van der Waals surface area contributed by atoms with Gasteiger partial charge in [0.05, 0.1) is 19.1 Å². The lowest BCUT2D eigenvalue weighted by molar-refractivity contribution is -0.136. The lowest BCUT2D eigenvalue weighted by Gasteiger charge is -2.09. The van der Waals surface area contributed by atoms with Crippen LogP contribution in [0.3, 0.4) is 0 Å². The normalized spacial score (nSPS) is 9.56. The van der Waals surface area contributed by atoms with Crippen LogP contribution in [0.2, 0.25) is 0 Å². The Balaban J connectivity index is 3.32. The Bertz CT molecular complexity index is 446. The SMILES string of the molecule is CCc1cc(CC(=O)O)c(C#N)c(OC)c1. The molecule has 0 radical (unpaired) electrons. The van der Waals surface area contributed by atoms with Gasteiger partial charge in [-0.3, -0.25) is 4.79 Å². The first kappa shape index (κ1) is 12.1. The quantitative estimate of drug-likeness (QED) is 0.837. The number of rotatable bonds is 4. The minimum absolute atomic E-state index is 0.160. The van der Waals surface area contributed by atoms with Crippen LogP contribution in [0.1, 0.15) is 23.6 Å². The van der Waals surface area contributed by atoms with Crippen molar-refractivity contribution >= 4 is 5.97 Å².